The SMILES string of the molecule is C[C@@H](CC(=O)Nc1cc(C2CCCC2)[nH]n1)NC(=O)Cc1cc(F)cc(F)c1. The number of nitrogens with one attached hydrogen (secondary N) is 3. The number of benzene rings is 1. The highest BCUT2D eigenvalue weighted by atomic mass is 19.1. The number of hydrogen-bond donors (Lipinski definition) is 3. The van der Waals surface area contributed by atoms with E-state index in [1.807, 2.05) is 6.07 Å². The molecule has 0 spiro atoms. The maximum Gasteiger partial charge on any atom is 0.227 e. The number of nitrogens with zero attached hydrogens (tertiary/aromatic N) is 1. The Balaban J connectivity index is 1.45. The van der Waals surface area contributed by atoms with E-state index in [4.69, 9.17) is 0 Å². The largest absolute Gasteiger partial charge is 0.353 e. The molecule has 1 aromatic heterocycles. The third-order valence-corrected chi connectivity index (χ3v) is 4.85. The molecule has 1 aliphatic rings. The van der Waals surface area contributed by atoms with Gasteiger partial charge in [0.25, 0.3) is 0 Å². The molecule has 0 aliphatic heterocycles. The lowest BCUT2D eigenvalue weighted by Crippen LogP contribution is -2.36. The van der Waals surface area contributed by atoms with Gasteiger partial charge in [0.05, 0.1) is 6.42 Å². The first-order valence-electron chi connectivity index (χ1n) is 9.48. The summed E-state index contributed by atoms with van der Waals surface area (Å²) in [6.07, 6.45) is 4.59. The molecule has 0 saturated heterocycles. The van der Waals surface area contributed by atoms with Crippen LogP contribution in [0.2, 0.25) is 0 Å². The lowest BCUT2D eigenvalue weighted by Gasteiger charge is -2.13. The average molecular weight is 390 g/mol. The molecule has 3 rings (SSSR count). The van der Waals surface area contributed by atoms with Crippen LogP contribution in [0, 0.1) is 11.6 Å². The van der Waals surface area contributed by atoms with E-state index >= 15 is 0 Å². The zero-order valence-corrected chi connectivity index (χ0v) is 15.7. The molecule has 150 valence electrons. The lowest BCUT2D eigenvalue weighted by molar-refractivity contribution is -0.121. The molecule has 3 N–H and O–H groups in total. The van der Waals surface area contributed by atoms with Crippen molar-refractivity contribution in [1.29, 1.82) is 0 Å². The number of hydrogen-bond acceptors (Lipinski definition) is 3. The van der Waals surface area contributed by atoms with Crippen LogP contribution in [0.25, 0.3) is 0 Å². The number of H-pyrrole nitrogens is 1. The van der Waals surface area contributed by atoms with Gasteiger partial charge in [0.2, 0.25) is 11.8 Å². The van der Waals surface area contributed by atoms with Crippen LogP contribution in [0.3, 0.4) is 0 Å². The molecule has 8 heteroatoms. The summed E-state index contributed by atoms with van der Waals surface area (Å²) in [4.78, 5) is 24.2. The first-order valence-corrected chi connectivity index (χ1v) is 9.48. The second-order valence-electron chi connectivity index (χ2n) is 7.37. The van der Waals surface area contributed by atoms with Crippen LogP contribution in [0.4, 0.5) is 14.6 Å². The average Bonchev–Trinajstić information content (AvgIpc) is 3.24. The molecule has 1 saturated carbocycles. The predicted molar refractivity (Wildman–Crippen MR) is 101 cm³/mol. The van der Waals surface area contributed by atoms with E-state index in [1.165, 1.54) is 12.8 Å². The number of carbonyl (C=O) groups excluding carboxylic acids is 2. The summed E-state index contributed by atoms with van der Waals surface area (Å²) in [5.41, 5.74) is 1.28. The fourth-order valence-corrected chi connectivity index (χ4v) is 3.59. The molecule has 28 heavy (non-hydrogen) atoms. The standard InChI is InChI=1S/C20H24F2N4O2/c1-12(23-20(28)9-13-7-15(21)10-16(22)8-13)6-19(27)24-18-11-17(25-26-18)14-4-2-3-5-14/h7-8,10-12,14H,2-6,9H2,1H3,(H,23,28)(H2,24,25,26,27)/t12-/m0/s1. The molecule has 6 nitrogen and oxygen atoms in total. The molecule has 1 fully saturated rings. The van der Waals surface area contributed by atoms with Crippen molar-refractivity contribution in [3.63, 3.8) is 0 Å². The van der Waals surface area contributed by atoms with Gasteiger partial charge in [0, 0.05) is 36.2 Å². The monoisotopic (exact) mass is 390 g/mol. The third-order valence-electron chi connectivity index (χ3n) is 4.85. The molecule has 2 amide bonds. The number of anilines is 1. The number of amides is 2. The van der Waals surface area contributed by atoms with Gasteiger partial charge < -0.3 is 10.6 Å². The van der Waals surface area contributed by atoms with Crippen molar-refractivity contribution in [2.45, 2.75) is 57.4 Å². The normalized spacial score (nSPS) is 15.4. The van der Waals surface area contributed by atoms with Crippen molar-refractivity contribution in [2.24, 2.45) is 0 Å². The van der Waals surface area contributed by atoms with Gasteiger partial charge in [-0.3, -0.25) is 14.7 Å². The fourth-order valence-electron chi connectivity index (χ4n) is 3.59. The van der Waals surface area contributed by atoms with Gasteiger partial charge in [-0.2, -0.15) is 5.10 Å². The van der Waals surface area contributed by atoms with E-state index < -0.39 is 23.6 Å². The van der Waals surface area contributed by atoms with Gasteiger partial charge in [-0.25, -0.2) is 8.78 Å². The second kappa shape index (κ2) is 8.95. The maximum absolute atomic E-state index is 13.2. The zero-order chi connectivity index (χ0) is 20.1. The van der Waals surface area contributed by atoms with Crippen molar-refractivity contribution >= 4 is 17.6 Å². The Labute approximate surface area is 162 Å². The van der Waals surface area contributed by atoms with Gasteiger partial charge in [-0.15, -0.1) is 0 Å². The highest BCUT2D eigenvalue weighted by Crippen LogP contribution is 2.33. The highest BCUT2D eigenvalue weighted by Gasteiger charge is 2.20. The van der Waals surface area contributed by atoms with Gasteiger partial charge in [0.15, 0.2) is 5.82 Å². The molecule has 1 aromatic carbocycles. The van der Waals surface area contributed by atoms with Crippen molar-refractivity contribution in [2.75, 3.05) is 5.32 Å². The quantitative estimate of drug-likeness (QED) is 0.677. The predicted octanol–water partition coefficient (Wildman–Crippen LogP) is 3.42. The Morgan fingerprint density at radius 1 is 1.14 bits per heavy atom. The summed E-state index contributed by atoms with van der Waals surface area (Å²) in [7, 11) is 0. The van der Waals surface area contributed by atoms with Gasteiger partial charge in [-0.1, -0.05) is 12.8 Å². The van der Waals surface area contributed by atoms with E-state index in [1.54, 1.807) is 6.92 Å². The Kier molecular flexibility index (Phi) is 6.38. The van der Waals surface area contributed by atoms with E-state index in [-0.39, 0.29) is 24.3 Å². The Morgan fingerprint density at radius 2 is 1.82 bits per heavy atom. The molecule has 1 heterocycles. The van der Waals surface area contributed by atoms with Gasteiger partial charge in [0.1, 0.15) is 11.6 Å². The molecule has 0 unspecified atom stereocenters. The molecule has 0 bridgehead atoms. The van der Waals surface area contributed by atoms with Crippen LogP contribution in [0.15, 0.2) is 24.3 Å². The number of carbonyl (C=O) groups is 2. The molecular formula is C20H24F2N4O2. The molecule has 0 radical (unpaired) electrons. The zero-order valence-electron chi connectivity index (χ0n) is 15.7. The lowest BCUT2D eigenvalue weighted by atomic mass is 10.0. The first-order chi connectivity index (χ1) is 13.4. The fraction of sp³-hybridized carbons (Fsp3) is 0.450. The van der Waals surface area contributed by atoms with Crippen molar-refractivity contribution in [3.8, 4) is 0 Å². The summed E-state index contributed by atoms with van der Waals surface area (Å²) in [6.45, 7) is 1.69. The van der Waals surface area contributed by atoms with Crippen molar-refractivity contribution < 1.29 is 18.4 Å². The number of aromatic nitrogens is 2. The molecule has 1 aliphatic carbocycles. The third kappa shape index (κ3) is 5.61. The molecule has 1 atom stereocenters. The van der Waals surface area contributed by atoms with E-state index in [0.29, 0.717) is 11.7 Å². The summed E-state index contributed by atoms with van der Waals surface area (Å²) >= 11 is 0. The van der Waals surface area contributed by atoms with Crippen LogP contribution in [0.5, 0.6) is 0 Å². The van der Waals surface area contributed by atoms with E-state index in [2.05, 4.69) is 20.8 Å². The van der Waals surface area contributed by atoms with Crippen LogP contribution in [0.1, 0.15) is 56.2 Å². The Hall–Kier alpha value is -2.77. The smallest absolute Gasteiger partial charge is 0.227 e. The van der Waals surface area contributed by atoms with Crippen LogP contribution in [-0.4, -0.2) is 28.1 Å². The summed E-state index contributed by atoms with van der Waals surface area (Å²) in [5, 5.41) is 12.5. The van der Waals surface area contributed by atoms with Crippen LogP contribution < -0.4 is 10.6 Å². The van der Waals surface area contributed by atoms with Gasteiger partial charge in [-0.05, 0) is 37.5 Å². The maximum atomic E-state index is 13.2. The minimum absolute atomic E-state index is 0.0644. The number of halogens is 2. The summed E-state index contributed by atoms with van der Waals surface area (Å²) in [5.74, 6) is -1.19. The minimum atomic E-state index is -0.730. The van der Waals surface area contributed by atoms with Gasteiger partial charge >= 0.3 is 0 Å². The molecule has 2 aromatic rings. The van der Waals surface area contributed by atoms with Crippen molar-refractivity contribution in [1.82, 2.24) is 15.5 Å². The Bertz CT molecular complexity index is 826. The minimum Gasteiger partial charge on any atom is -0.353 e. The number of rotatable bonds is 7. The van der Waals surface area contributed by atoms with Crippen molar-refractivity contribution in [3.05, 3.63) is 47.2 Å². The Morgan fingerprint density at radius 3 is 2.50 bits per heavy atom. The van der Waals surface area contributed by atoms with Crippen LogP contribution in [-0.2, 0) is 16.0 Å². The first kappa shape index (κ1) is 20.0. The van der Waals surface area contributed by atoms with Crippen LogP contribution >= 0.6 is 0 Å². The second-order valence-corrected chi connectivity index (χ2v) is 7.37. The van der Waals surface area contributed by atoms with E-state index in [9.17, 15) is 18.4 Å². The molecular weight excluding hydrogens is 366 g/mol. The van der Waals surface area contributed by atoms with E-state index in [0.717, 1.165) is 36.7 Å². The highest BCUT2D eigenvalue weighted by molar-refractivity contribution is 5.90. The summed E-state index contributed by atoms with van der Waals surface area (Å²) < 4.78 is 26.4. The topological polar surface area (TPSA) is 86.9 Å². The summed E-state index contributed by atoms with van der Waals surface area (Å²) in [6, 6.07) is 4.40. The number of aromatic amines is 1.